The van der Waals surface area contributed by atoms with Gasteiger partial charge in [0, 0.05) is 30.5 Å². The first-order valence-corrected chi connectivity index (χ1v) is 6.23. The Morgan fingerprint density at radius 1 is 1.29 bits per heavy atom. The third-order valence-electron chi connectivity index (χ3n) is 3.33. The lowest BCUT2D eigenvalue weighted by atomic mass is 10.2. The molecule has 2 heterocycles. The minimum atomic E-state index is 0.603. The van der Waals surface area contributed by atoms with Crippen LogP contribution in [-0.4, -0.2) is 22.1 Å². The molecule has 0 amide bonds. The summed E-state index contributed by atoms with van der Waals surface area (Å²) in [5, 5.41) is 3.52. The van der Waals surface area contributed by atoms with Crippen molar-refractivity contribution in [2.24, 2.45) is 0 Å². The molecule has 0 radical (unpaired) electrons. The van der Waals surface area contributed by atoms with E-state index in [0.717, 1.165) is 18.9 Å². The molecule has 1 N–H and O–H groups in total. The van der Waals surface area contributed by atoms with Gasteiger partial charge in [0.25, 0.3) is 0 Å². The molecular formula is C14H17N3. The fourth-order valence-electron chi connectivity index (χ4n) is 2.45. The zero-order valence-corrected chi connectivity index (χ0v) is 9.84. The third kappa shape index (κ3) is 2.24. The average Bonchev–Trinajstić information content (AvgIpc) is 3.02. The molecule has 1 aliphatic heterocycles. The summed E-state index contributed by atoms with van der Waals surface area (Å²) in [5.41, 5.74) is 1.19. The molecule has 1 saturated heterocycles. The first-order chi connectivity index (χ1) is 8.43. The molecule has 1 aromatic heterocycles. The maximum Gasteiger partial charge on any atom is 0.139 e. The molecule has 3 rings (SSSR count). The van der Waals surface area contributed by atoms with E-state index in [2.05, 4.69) is 45.3 Å². The molecule has 0 saturated carbocycles. The number of hydrogen-bond acceptors (Lipinski definition) is 2. The summed E-state index contributed by atoms with van der Waals surface area (Å²) in [5.74, 6) is 1.07. The van der Waals surface area contributed by atoms with Gasteiger partial charge in [0.05, 0.1) is 0 Å². The Labute approximate surface area is 101 Å². The van der Waals surface area contributed by atoms with Crippen molar-refractivity contribution in [2.45, 2.75) is 25.4 Å². The summed E-state index contributed by atoms with van der Waals surface area (Å²) in [6.45, 7) is 2.17. The number of aromatic nitrogens is 2. The Balaban J connectivity index is 1.84. The maximum atomic E-state index is 4.46. The molecule has 3 heteroatoms. The van der Waals surface area contributed by atoms with E-state index in [0.29, 0.717) is 6.04 Å². The van der Waals surface area contributed by atoms with Crippen molar-refractivity contribution in [3.63, 3.8) is 0 Å². The van der Waals surface area contributed by atoms with E-state index in [1.807, 2.05) is 12.3 Å². The van der Waals surface area contributed by atoms with Crippen molar-refractivity contribution in [1.29, 1.82) is 0 Å². The van der Waals surface area contributed by atoms with E-state index in [4.69, 9.17) is 0 Å². The van der Waals surface area contributed by atoms with Crippen LogP contribution >= 0.6 is 0 Å². The zero-order chi connectivity index (χ0) is 11.5. The molecule has 1 unspecified atom stereocenters. The SMILES string of the molecule is c1ccc(-c2nccn2CC2CCCN2)cc1. The van der Waals surface area contributed by atoms with Gasteiger partial charge in [-0.3, -0.25) is 0 Å². The second kappa shape index (κ2) is 4.72. The molecular weight excluding hydrogens is 210 g/mol. The van der Waals surface area contributed by atoms with E-state index in [1.165, 1.54) is 18.4 Å². The number of benzene rings is 1. The van der Waals surface area contributed by atoms with Gasteiger partial charge in [-0.15, -0.1) is 0 Å². The van der Waals surface area contributed by atoms with Crippen LogP contribution in [0.25, 0.3) is 11.4 Å². The second-order valence-electron chi connectivity index (χ2n) is 4.56. The molecule has 3 nitrogen and oxygen atoms in total. The van der Waals surface area contributed by atoms with Gasteiger partial charge in [0.15, 0.2) is 0 Å². The summed E-state index contributed by atoms with van der Waals surface area (Å²) in [6, 6.07) is 11.0. The quantitative estimate of drug-likeness (QED) is 0.872. The van der Waals surface area contributed by atoms with Crippen molar-refractivity contribution in [2.75, 3.05) is 6.54 Å². The minimum Gasteiger partial charge on any atom is -0.329 e. The van der Waals surface area contributed by atoms with Crippen LogP contribution in [0, 0.1) is 0 Å². The molecule has 0 bridgehead atoms. The lowest BCUT2D eigenvalue weighted by molar-refractivity contribution is 0.512. The highest BCUT2D eigenvalue weighted by Gasteiger charge is 2.16. The van der Waals surface area contributed by atoms with Crippen molar-refractivity contribution >= 4 is 0 Å². The number of nitrogens with zero attached hydrogens (tertiary/aromatic N) is 2. The van der Waals surface area contributed by atoms with Crippen LogP contribution in [0.15, 0.2) is 42.7 Å². The second-order valence-corrected chi connectivity index (χ2v) is 4.56. The normalized spacial score (nSPS) is 19.6. The van der Waals surface area contributed by atoms with Crippen molar-refractivity contribution < 1.29 is 0 Å². The first kappa shape index (κ1) is 10.5. The van der Waals surface area contributed by atoms with Crippen molar-refractivity contribution in [3.05, 3.63) is 42.7 Å². The van der Waals surface area contributed by atoms with Crippen LogP contribution in [0.3, 0.4) is 0 Å². The minimum absolute atomic E-state index is 0.603. The topological polar surface area (TPSA) is 29.9 Å². The van der Waals surface area contributed by atoms with Crippen LogP contribution in [0.5, 0.6) is 0 Å². The van der Waals surface area contributed by atoms with Crippen LogP contribution < -0.4 is 5.32 Å². The smallest absolute Gasteiger partial charge is 0.139 e. The van der Waals surface area contributed by atoms with Crippen molar-refractivity contribution in [1.82, 2.24) is 14.9 Å². The molecule has 1 aliphatic rings. The predicted octanol–water partition coefficient (Wildman–Crippen LogP) is 2.30. The van der Waals surface area contributed by atoms with Crippen LogP contribution in [0.2, 0.25) is 0 Å². The molecule has 1 atom stereocenters. The van der Waals surface area contributed by atoms with Gasteiger partial charge in [-0.2, -0.15) is 0 Å². The summed E-state index contributed by atoms with van der Waals surface area (Å²) in [7, 11) is 0. The lowest BCUT2D eigenvalue weighted by Gasteiger charge is -2.13. The summed E-state index contributed by atoms with van der Waals surface area (Å²) in [6.07, 6.45) is 6.52. The molecule has 88 valence electrons. The number of hydrogen-bond donors (Lipinski definition) is 1. The maximum absolute atomic E-state index is 4.46. The predicted molar refractivity (Wildman–Crippen MR) is 68.7 cm³/mol. The summed E-state index contributed by atoms with van der Waals surface area (Å²) in [4.78, 5) is 4.46. The number of nitrogens with one attached hydrogen (secondary N) is 1. The molecule has 1 fully saturated rings. The monoisotopic (exact) mass is 227 g/mol. The molecule has 1 aromatic carbocycles. The Morgan fingerprint density at radius 2 is 2.18 bits per heavy atom. The van der Waals surface area contributed by atoms with E-state index in [-0.39, 0.29) is 0 Å². The highest BCUT2D eigenvalue weighted by atomic mass is 15.1. The Kier molecular flexibility index (Phi) is 2.92. The zero-order valence-electron chi connectivity index (χ0n) is 9.84. The Morgan fingerprint density at radius 3 is 2.94 bits per heavy atom. The van der Waals surface area contributed by atoms with Gasteiger partial charge in [-0.05, 0) is 19.4 Å². The molecule has 0 aliphatic carbocycles. The fraction of sp³-hybridized carbons (Fsp3) is 0.357. The fourth-order valence-corrected chi connectivity index (χ4v) is 2.45. The van der Waals surface area contributed by atoms with Gasteiger partial charge in [-0.25, -0.2) is 4.98 Å². The average molecular weight is 227 g/mol. The molecule has 0 spiro atoms. The highest BCUT2D eigenvalue weighted by molar-refractivity contribution is 5.55. The highest BCUT2D eigenvalue weighted by Crippen LogP contribution is 2.18. The molecule has 17 heavy (non-hydrogen) atoms. The van der Waals surface area contributed by atoms with Gasteiger partial charge < -0.3 is 9.88 Å². The van der Waals surface area contributed by atoms with Gasteiger partial charge >= 0.3 is 0 Å². The lowest BCUT2D eigenvalue weighted by Crippen LogP contribution is -2.26. The van der Waals surface area contributed by atoms with Crippen LogP contribution in [-0.2, 0) is 6.54 Å². The summed E-state index contributed by atoms with van der Waals surface area (Å²) < 4.78 is 2.25. The number of rotatable bonds is 3. The van der Waals surface area contributed by atoms with E-state index in [9.17, 15) is 0 Å². The van der Waals surface area contributed by atoms with E-state index >= 15 is 0 Å². The standard InChI is InChI=1S/C14H17N3/c1-2-5-12(6-3-1)14-16-9-10-17(14)11-13-7-4-8-15-13/h1-3,5-6,9-10,13,15H,4,7-8,11H2. The van der Waals surface area contributed by atoms with Gasteiger partial charge in [0.2, 0.25) is 0 Å². The van der Waals surface area contributed by atoms with Crippen LogP contribution in [0.4, 0.5) is 0 Å². The third-order valence-corrected chi connectivity index (χ3v) is 3.33. The van der Waals surface area contributed by atoms with Crippen LogP contribution in [0.1, 0.15) is 12.8 Å². The van der Waals surface area contributed by atoms with Crippen molar-refractivity contribution in [3.8, 4) is 11.4 Å². The van der Waals surface area contributed by atoms with Gasteiger partial charge in [-0.1, -0.05) is 30.3 Å². The van der Waals surface area contributed by atoms with E-state index < -0.39 is 0 Å². The van der Waals surface area contributed by atoms with E-state index in [1.54, 1.807) is 0 Å². The van der Waals surface area contributed by atoms with Gasteiger partial charge in [0.1, 0.15) is 5.82 Å². The largest absolute Gasteiger partial charge is 0.329 e. The Bertz CT molecular complexity index is 469. The first-order valence-electron chi connectivity index (χ1n) is 6.23. The number of imidazole rings is 1. The molecule has 2 aromatic rings. The Hall–Kier alpha value is -1.61. The summed E-state index contributed by atoms with van der Waals surface area (Å²) >= 11 is 0.